The lowest BCUT2D eigenvalue weighted by Crippen LogP contribution is -2.36. The molecule has 1 aromatic carbocycles. The van der Waals surface area contributed by atoms with E-state index < -0.39 is 15.9 Å². The molecule has 3 atom stereocenters. The molecule has 10 heteroatoms. The fraction of sp³-hybridized carbons (Fsp3) is 0.500. The molecule has 1 aliphatic heterocycles. The summed E-state index contributed by atoms with van der Waals surface area (Å²) in [5, 5.41) is 7.06. The smallest absolute Gasteiger partial charge is 0.331 e. The van der Waals surface area contributed by atoms with E-state index >= 15 is 0 Å². The van der Waals surface area contributed by atoms with Crippen LogP contribution in [0.25, 0.3) is 0 Å². The molecule has 2 aromatic rings. The average molecular weight is 432 g/mol. The van der Waals surface area contributed by atoms with Crippen LogP contribution in [0.1, 0.15) is 41.5 Å². The van der Waals surface area contributed by atoms with E-state index in [1.54, 1.807) is 7.11 Å². The number of urea groups is 1. The summed E-state index contributed by atoms with van der Waals surface area (Å²) in [5.74, 6) is 0.619. The van der Waals surface area contributed by atoms with Gasteiger partial charge in [0.25, 0.3) is 0 Å². The molecule has 9 nitrogen and oxygen atoms in total. The number of carbonyl (C=O) groups excluding carboxylic acids is 1. The van der Waals surface area contributed by atoms with Crippen LogP contribution < -0.4 is 14.8 Å². The maximum absolute atomic E-state index is 13.1. The minimum absolute atomic E-state index is 0.0619. The van der Waals surface area contributed by atoms with Crippen molar-refractivity contribution in [2.75, 3.05) is 19.0 Å². The fourth-order valence-corrected chi connectivity index (χ4v) is 5.74. The first-order chi connectivity index (χ1) is 14.4. The number of ether oxygens (including phenoxy) is 2. The average Bonchev–Trinajstić information content (AvgIpc) is 3.33. The standard InChI is InChI=1S/C20H25N5O4S/c1-11-6-13-7-12-4-3-5-15(12)18(17(11)13)23-20(26)24-30(21,27)16-8-22-25-9-14(28-2)10-29-19(16)25/h7-8,11,14H,3-6,9-10H2,1-2H3,(H3,21,23,24,26,27)/t11-,14+,30-/m1/s1. The number of benzene rings is 1. The first-order valence-corrected chi connectivity index (χ1v) is 11.7. The molecule has 2 amide bonds. The van der Waals surface area contributed by atoms with E-state index in [4.69, 9.17) is 14.3 Å². The number of methoxy groups -OCH3 is 1. The number of hydrogen-bond acceptors (Lipinski definition) is 6. The normalized spacial score (nSPS) is 23.3. The summed E-state index contributed by atoms with van der Waals surface area (Å²) in [6.07, 6.45) is 5.18. The first kappa shape index (κ1) is 19.4. The van der Waals surface area contributed by atoms with E-state index in [-0.39, 0.29) is 23.5 Å². The monoisotopic (exact) mass is 431 g/mol. The van der Waals surface area contributed by atoms with Crippen molar-refractivity contribution in [3.8, 4) is 5.88 Å². The zero-order valence-electron chi connectivity index (χ0n) is 17.0. The molecule has 30 heavy (non-hydrogen) atoms. The Hall–Kier alpha value is -2.59. The Morgan fingerprint density at radius 1 is 1.40 bits per heavy atom. The Balaban J connectivity index is 1.38. The van der Waals surface area contributed by atoms with E-state index in [0.717, 1.165) is 31.4 Å². The molecule has 0 fully saturated rings. The van der Waals surface area contributed by atoms with Crippen molar-refractivity contribution in [1.82, 2.24) is 14.5 Å². The largest absolute Gasteiger partial charge is 0.474 e. The van der Waals surface area contributed by atoms with Crippen LogP contribution in [0, 0.1) is 4.78 Å². The maximum atomic E-state index is 13.1. The summed E-state index contributed by atoms with van der Waals surface area (Å²) in [6, 6.07) is 1.61. The molecular formula is C20H25N5O4S. The lowest BCUT2D eigenvalue weighted by Gasteiger charge is -2.32. The van der Waals surface area contributed by atoms with E-state index in [0.29, 0.717) is 12.5 Å². The fourth-order valence-electron chi connectivity index (χ4n) is 4.71. The predicted molar refractivity (Wildman–Crippen MR) is 110 cm³/mol. The third kappa shape index (κ3) is 3.05. The molecule has 2 heterocycles. The van der Waals surface area contributed by atoms with Crippen molar-refractivity contribution >= 4 is 21.6 Å². The molecule has 160 valence electrons. The highest BCUT2D eigenvalue weighted by Crippen LogP contribution is 2.45. The number of rotatable bonds is 4. The van der Waals surface area contributed by atoms with Gasteiger partial charge in [0.2, 0.25) is 5.88 Å². The van der Waals surface area contributed by atoms with Crippen LogP contribution >= 0.6 is 0 Å². The van der Waals surface area contributed by atoms with Gasteiger partial charge in [0.1, 0.15) is 17.6 Å². The van der Waals surface area contributed by atoms with Crippen molar-refractivity contribution in [2.45, 2.75) is 56.1 Å². The van der Waals surface area contributed by atoms with E-state index in [1.807, 2.05) is 0 Å². The number of nitrogens with zero attached hydrogens (tertiary/aromatic N) is 2. The summed E-state index contributed by atoms with van der Waals surface area (Å²) in [4.78, 5) is 12.8. The van der Waals surface area contributed by atoms with Crippen molar-refractivity contribution < 1.29 is 18.5 Å². The molecule has 0 radical (unpaired) electrons. The number of amides is 2. The van der Waals surface area contributed by atoms with Crippen LogP contribution in [0.3, 0.4) is 0 Å². The molecule has 0 saturated heterocycles. The van der Waals surface area contributed by atoms with Gasteiger partial charge in [-0.3, -0.25) is 0 Å². The van der Waals surface area contributed by atoms with Gasteiger partial charge < -0.3 is 14.8 Å². The van der Waals surface area contributed by atoms with Crippen LogP contribution in [0.15, 0.2) is 17.2 Å². The van der Waals surface area contributed by atoms with Crippen LogP contribution in [0.4, 0.5) is 10.5 Å². The number of fused-ring (bicyclic) bond motifs is 3. The Morgan fingerprint density at radius 2 is 2.23 bits per heavy atom. The van der Waals surface area contributed by atoms with Gasteiger partial charge in [-0.25, -0.2) is 23.2 Å². The SMILES string of the molecule is CO[C@@H]1COc2c([S@](=N)(=O)NC(=O)Nc3c4c(cc5c3[C@H](C)C5)CCC4)cnn2C1. The third-order valence-corrected chi connectivity index (χ3v) is 7.58. The zero-order chi connectivity index (χ0) is 21.0. The van der Waals surface area contributed by atoms with Gasteiger partial charge in [-0.05, 0) is 53.9 Å². The Labute approximate surface area is 175 Å². The summed E-state index contributed by atoms with van der Waals surface area (Å²) < 4.78 is 36.1. The van der Waals surface area contributed by atoms with Crippen molar-refractivity contribution in [3.05, 3.63) is 34.5 Å². The highest BCUT2D eigenvalue weighted by molar-refractivity contribution is 7.91. The highest BCUT2D eigenvalue weighted by Gasteiger charge is 2.33. The summed E-state index contributed by atoms with van der Waals surface area (Å²) >= 11 is 0. The lowest BCUT2D eigenvalue weighted by atomic mass is 9.75. The lowest BCUT2D eigenvalue weighted by molar-refractivity contribution is 0.0165. The maximum Gasteiger partial charge on any atom is 0.331 e. The van der Waals surface area contributed by atoms with Gasteiger partial charge in [0.15, 0.2) is 9.92 Å². The van der Waals surface area contributed by atoms with Crippen LogP contribution in [0.5, 0.6) is 5.88 Å². The Bertz CT molecular complexity index is 1140. The summed E-state index contributed by atoms with van der Waals surface area (Å²) in [6.45, 7) is 2.86. The van der Waals surface area contributed by atoms with E-state index in [9.17, 15) is 9.00 Å². The van der Waals surface area contributed by atoms with Gasteiger partial charge in [0, 0.05) is 12.8 Å². The summed E-state index contributed by atoms with van der Waals surface area (Å²) in [5.41, 5.74) is 5.73. The molecule has 3 N–H and O–H groups in total. The molecule has 0 saturated carbocycles. The first-order valence-electron chi connectivity index (χ1n) is 10.1. The molecule has 0 unspecified atom stereocenters. The minimum atomic E-state index is -3.65. The minimum Gasteiger partial charge on any atom is -0.474 e. The predicted octanol–water partition coefficient (Wildman–Crippen LogP) is 2.58. The van der Waals surface area contributed by atoms with E-state index in [2.05, 4.69) is 28.1 Å². The van der Waals surface area contributed by atoms with Gasteiger partial charge >= 0.3 is 6.03 Å². The number of aromatic nitrogens is 2. The van der Waals surface area contributed by atoms with Gasteiger partial charge in [-0.15, -0.1) is 0 Å². The van der Waals surface area contributed by atoms with Crippen molar-refractivity contribution in [1.29, 1.82) is 4.78 Å². The highest BCUT2D eigenvalue weighted by atomic mass is 32.2. The van der Waals surface area contributed by atoms with Crippen molar-refractivity contribution in [2.24, 2.45) is 0 Å². The Kier molecular flexibility index (Phi) is 4.51. The van der Waals surface area contributed by atoms with Crippen LogP contribution in [0.2, 0.25) is 0 Å². The Morgan fingerprint density at radius 3 is 3.00 bits per heavy atom. The van der Waals surface area contributed by atoms with Crippen molar-refractivity contribution in [3.63, 3.8) is 0 Å². The second kappa shape index (κ2) is 6.98. The quantitative estimate of drug-likeness (QED) is 0.688. The zero-order valence-corrected chi connectivity index (χ0v) is 17.8. The number of anilines is 1. The molecule has 0 spiro atoms. The number of aryl methyl sites for hydroxylation is 1. The third-order valence-electron chi connectivity index (χ3n) is 6.21. The second-order valence-corrected chi connectivity index (χ2v) is 9.95. The van der Waals surface area contributed by atoms with Gasteiger partial charge in [-0.2, -0.15) is 5.10 Å². The molecule has 3 aliphatic rings. The van der Waals surface area contributed by atoms with E-state index in [1.165, 1.54) is 33.1 Å². The molecular weight excluding hydrogens is 406 g/mol. The number of carbonyl (C=O) groups is 1. The van der Waals surface area contributed by atoms with Gasteiger partial charge in [-0.1, -0.05) is 13.0 Å². The van der Waals surface area contributed by atoms with Gasteiger partial charge in [0.05, 0.1) is 12.7 Å². The van der Waals surface area contributed by atoms with Crippen LogP contribution in [-0.4, -0.2) is 39.8 Å². The number of nitrogens with one attached hydrogen (secondary N) is 3. The van der Waals surface area contributed by atoms with Crippen LogP contribution in [-0.2, 0) is 40.5 Å². The molecule has 1 aromatic heterocycles. The number of hydrogen-bond donors (Lipinski definition) is 3. The molecule has 5 rings (SSSR count). The topological polar surface area (TPSA) is 118 Å². The molecule has 0 bridgehead atoms. The second-order valence-electron chi connectivity index (χ2n) is 8.20. The molecule has 2 aliphatic carbocycles. The summed E-state index contributed by atoms with van der Waals surface area (Å²) in [7, 11) is -2.06.